The van der Waals surface area contributed by atoms with Crippen LogP contribution in [0.25, 0.3) is 22.0 Å². The first kappa shape index (κ1) is 18.4. The maximum atomic E-state index is 13.6. The van der Waals surface area contributed by atoms with Crippen LogP contribution in [-0.2, 0) is 6.18 Å². The van der Waals surface area contributed by atoms with Gasteiger partial charge in [0.1, 0.15) is 5.56 Å². The normalized spacial score (nSPS) is 17.6. The molecule has 28 heavy (non-hydrogen) atoms. The second-order valence-electron chi connectivity index (χ2n) is 6.72. The SMILES string of the molecule is O=c1[nH]cc(-c2nc(N[C@H]3CCCNC3)ncc2C(F)(F)F)c2ccccc12. The molecule has 1 fully saturated rings. The van der Waals surface area contributed by atoms with E-state index in [1.807, 2.05) is 0 Å². The van der Waals surface area contributed by atoms with E-state index in [-0.39, 0.29) is 28.8 Å². The molecule has 146 valence electrons. The minimum Gasteiger partial charge on any atom is -0.350 e. The molecule has 1 aromatic carbocycles. The van der Waals surface area contributed by atoms with Crippen molar-refractivity contribution in [3.63, 3.8) is 0 Å². The number of pyridine rings is 1. The first-order valence-corrected chi connectivity index (χ1v) is 8.96. The van der Waals surface area contributed by atoms with E-state index in [4.69, 9.17) is 0 Å². The molecule has 1 atom stereocenters. The number of anilines is 1. The highest BCUT2D eigenvalue weighted by Gasteiger charge is 2.36. The van der Waals surface area contributed by atoms with Gasteiger partial charge in [0, 0.05) is 35.9 Å². The van der Waals surface area contributed by atoms with E-state index < -0.39 is 11.7 Å². The maximum Gasteiger partial charge on any atom is 0.419 e. The lowest BCUT2D eigenvalue weighted by Crippen LogP contribution is -2.38. The molecule has 0 saturated carbocycles. The molecule has 1 aliphatic rings. The van der Waals surface area contributed by atoms with Gasteiger partial charge in [-0.15, -0.1) is 0 Å². The Bertz CT molecular complexity index is 1060. The summed E-state index contributed by atoms with van der Waals surface area (Å²) in [6.07, 6.45) is -0.712. The Balaban J connectivity index is 1.85. The fourth-order valence-electron chi connectivity index (χ4n) is 3.43. The van der Waals surface area contributed by atoms with E-state index in [1.54, 1.807) is 24.3 Å². The number of hydrogen-bond donors (Lipinski definition) is 3. The average Bonchev–Trinajstić information content (AvgIpc) is 2.68. The predicted octanol–water partition coefficient (Wildman–Crippen LogP) is 3.17. The molecule has 0 unspecified atom stereocenters. The summed E-state index contributed by atoms with van der Waals surface area (Å²) in [5.41, 5.74) is -1.37. The van der Waals surface area contributed by atoms with Gasteiger partial charge in [-0.05, 0) is 30.8 Å². The van der Waals surface area contributed by atoms with Crippen molar-refractivity contribution in [2.24, 2.45) is 0 Å². The van der Waals surface area contributed by atoms with Crippen LogP contribution in [0.5, 0.6) is 0 Å². The average molecular weight is 389 g/mol. The lowest BCUT2D eigenvalue weighted by Gasteiger charge is -2.24. The second-order valence-corrected chi connectivity index (χ2v) is 6.72. The van der Waals surface area contributed by atoms with Crippen molar-refractivity contribution in [3.05, 3.63) is 52.6 Å². The van der Waals surface area contributed by atoms with Crippen LogP contribution in [0.15, 0.2) is 41.5 Å². The van der Waals surface area contributed by atoms with Crippen molar-refractivity contribution in [2.75, 3.05) is 18.4 Å². The highest BCUT2D eigenvalue weighted by molar-refractivity contribution is 5.95. The molecule has 3 heterocycles. The Morgan fingerprint density at radius 1 is 1.18 bits per heavy atom. The molecule has 9 heteroatoms. The molecule has 0 radical (unpaired) electrons. The van der Waals surface area contributed by atoms with Crippen molar-refractivity contribution in [2.45, 2.75) is 25.1 Å². The number of rotatable bonds is 3. The van der Waals surface area contributed by atoms with E-state index in [9.17, 15) is 18.0 Å². The zero-order chi connectivity index (χ0) is 19.7. The third kappa shape index (κ3) is 3.57. The smallest absolute Gasteiger partial charge is 0.350 e. The Labute approximate surface area is 158 Å². The quantitative estimate of drug-likeness (QED) is 0.641. The van der Waals surface area contributed by atoms with Gasteiger partial charge in [0.15, 0.2) is 0 Å². The standard InChI is InChI=1S/C19H18F3N5O/c20-19(21,22)15-10-25-18(26-11-4-3-7-23-8-11)27-16(15)14-9-24-17(28)13-6-2-1-5-12(13)14/h1-2,5-6,9-11,23H,3-4,7-8H2,(H,24,28)(H,25,26,27)/t11-/m0/s1. The summed E-state index contributed by atoms with van der Waals surface area (Å²) in [4.78, 5) is 22.6. The summed E-state index contributed by atoms with van der Waals surface area (Å²) in [6.45, 7) is 1.61. The van der Waals surface area contributed by atoms with E-state index in [0.29, 0.717) is 17.3 Å². The van der Waals surface area contributed by atoms with Crippen LogP contribution in [0.1, 0.15) is 18.4 Å². The topological polar surface area (TPSA) is 82.7 Å². The number of hydrogen-bond acceptors (Lipinski definition) is 5. The highest BCUT2D eigenvalue weighted by Crippen LogP contribution is 2.37. The van der Waals surface area contributed by atoms with Crippen LogP contribution < -0.4 is 16.2 Å². The molecule has 2 aromatic heterocycles. The fourth-order valence-corrected chi connectivity index (χ4v) is 3.43. The van der Waals surface area contributed by atoms with Crippen LogP contribution in [0, 0.1) is 0 Å². The second kappa shape index (κ2) is 7.23. The van der Waals surface area contributed by atoms with E-state index in [0.717, 1.165) is 25.6 Å². The number of benzene rings is 1. The van der Waals surface area contributed by atoms with Crippen molar-refractivity contribution in [1.82, 2.24) is 20.3 Å². The summed E-state index contributed by atoms with van der Waals surface area (Å²) >= 11 is 0. The molecule has 3 aromatic rings. The van der Waals surface area contributed by atoms with Crippen molar-refractivity contribution < 1.29 is 13.2 Å². The third-order valence-electron chi connectivity index (χ3n) is 4.79. The minimum absolute atomic E-state index is 0.0469. The molecule has 6 nitrogen and oxygen atoms in total. The molecule has 3 N–H and O–H groups in total. The van der Waals surface area contributed by atoms with Gasteiger partial charge in [-0.3, -0.25) is 4.79 Å². The number of aromatic amines is 1. The lowest BCUT2D eigenvalue weighted by atomic mass is 10.0. The van der Waals surface area contributed by atoms with Crippen molar-refractivity contribution >= 4 is 16.7 Å². The fraction of sp³-hybridized carbons (Fsp3) is 0.316. The zero-order valence-electron chi connectivity index (χ0n) is 14.8. The predicted molar refractivity (Wildman–Crippen MR) is 100 cm³/mol. The van der Waals surface area contributed by atoms with Gasteiger partial charge in [-0.25, -0.2) is 9.97 Å². The number of piperidine rings is 1. The van der Waals surface area contributed by atoms with Gasteiger partial charge in [0.25, 0.3) is 5.56 Å². The number of halogens is 3. The molecule has 0 amide bonds. The maximum absolute atomic E-state index is 13.6. The number of nitrogens with one attached hydrogen (secondary N) is 3. The van der Waals surface area contributed by atoms with Crippen LogP contribution in [-0.4, -0.2) is 34.1 Å². The molecular weight excluding hydrogens is 371 g/mol. The molecule has 4 rings (SSSR count). The summed E-state index contributed by atoms with van der Waals surface area (Å²) in [6, 6.07) is 6.56. The van der Waals surface area contributed by atoms with E-state index in [2.05, 4.69) is 25.6 Å². The summed E-state index contributed by atoms with van der Waals surface area (Å²) < 4.78 is 40.9. The van der Waals surface area contributed by atoms with Crippen LogP contribution in [0.3, 0.4) is 0 Å². The van der Waals surface area contributed by atoms with Gasteiger partial charge in [0.05, 0.1) is 5.69 Å². The summed E-state index contributed by atoms with van der Waals surface area (Å²) in [5.74, 6) is 0.131. The molecule has 1 saturated heterocycles. The highest BCUT2D eigenvalue weighted by atomic mass is 19.4. The first-order chi connectivity index (χ1) is 13.4. The van der Waals surface area contributed by atoms with Gasteiger partial charge in [-0.2, -0.15) is 13.2 Å². The number of aromatic nitrogens is 3. The van der Waals surface area contributed by atoms with E-state index in [1.165, 1.54) is 6.20 Å². The summed E-state index contributed by atoms with van der Waals surface area (Å²) in [5, 5.41) is 7.04. The van der Waals surface area contributed by atoms with Crippen molar-refractivity contribution in [3.8, 4) is 11.3 Å². The Hall–Kier alpha value is -2.94. The van der Waals surface area contributed by atoms with Crippen LogP contribution >= 0.6 is 0 Å². The van der Waals surface area contributed by atoms with E-state index >= 15 is 0 Å². The third-order valence-corrected chi connectivity index (χ3v) is 4.79. The monoisotopic (exact) mass is 389 g/mol. The van der Waals surface area contributed by atoms with Gasteiger partial charge in [-0.1, -0.05) is 18.2 Å². The zero-order valence-corrected chi connectivity index (χ0v) is 14.8. The minimum atomic E-state index is -4.63. The van der Waals surface area contributed by atoms with Crippen molar-refractivity contribution in [1.29, 1.82) is 0 Å². The number of alkyl halides is 3. The molecular formula is C19H18F3N5O. The summed E-state index contributed by atoms with van der Waals surface area (Å²) in [7, 11) is 0. The first-order valence-electron chi connectivity index (χ1n) is 8.96. The Kier molecular flexibility index (Phi) is 4.76. The number of H-pyrrole nitrogens is 1. The molecule has 1 aliphatic heterocycles. The molecule has 0 spiro atoms. The van der Waals surface area contributed by atoms with Crippen LogP contribution in [0.4, 0.5) is 19.1 Å². The number of nitrogens with zero attached hydrogens (tertiary/aromatic N) is 2. The molecule has 0 aliphatic carbocycles. The largest absolute Gasteiger partial charge is 0.419 e. The number of fused-ring (bicyclic) bond motifs is 1. The van der Waals surface area contributed by atoms with Gasteiger partial charge < -0.3 is 15.6 Å². The lowest BCUT2D eigenvalue weighted by molar-refractivity contribution is -0.137. The van der Waals surface area contributed by atoms with Gasteiger partial charge >= 0.3 is 6.18 Å². The molecule has 0 bridgehead atoms. The Morgan fingerprint density at radius 3 is 2.68 bits per heavy atom. The van der Waals surface area contributed by atoms with Crippen LogP contribution in [0.2, 0.25) is 0 Å². The Morgan fingerprint density at radius 2 is 1.96 bits per heavy atom. The van der Waals surface area contributed by atoms with Gasteiger partial charge in [0.2, 0.25) is 5.95 Å².